The molecule has 1 atom stereocenters. The number of aryl methyl sites for hydroxylation is 1. The smallest absolute Gasteiger partial charge is 0.416 e. The highest BCUT2D eigenvalue weighted by molar-refractivity contribution is 5.97. The van der Waals surface area contributed by atoms with Crippen LogP contribution in [0.3, 0.4) is 0 Å². The molecule has 1 aromatic heterocycles. The van der Waals surface area contributed by atoms with E-state index >= 15 is 0 Å². The van der Waals surface area contributed by atoms with E-state index in [2.05, 4.69) is 5.32 Å². The van der Waals surface area contributed by atoms with Gasteiger partial charge in [0.25, 0.3) is 5.91 Å². The molecule has 2 aromatic rings. The lowest BCUT2D eigenvalue weighted by molar-refractivity contribution is -0.137. The number of alkyl halides is 3. The number of halogens is 3. The van der Waals surface area contributed by atoms with Crippen molar-refractivity contribution in [3.05, 3.63) is 46.3 Å². The molecule has 3 heterocycles. The molecule has 0 saturated carbocycles. The lowest BCUT2D eigenvalue weighted by Gasteiger charge is -2.36. The zero-order valence-electron chi connectivity index (χ0n) is 21.2. The molecule has 0 radical (unpaired) electrons. The van der Waals surface area contributed by atoms with Gasteiger partial charge >= 0.3 is 12.1 Å². The van der Waals surface area contributed by atoms with Crippen LogP contribution in [0.5, 0.6) is 5.75 Å². The van der Waals surface area contributed by atoms with Gasteiger partial charge in [-0.25, -0.2) is 4.79 Å². The minimum atomic E-state index is -4.63. The van der Waals surface area contributed by atoms with Gasteiger partial charge in [0.05, 0.1) is 41.8 Å². The number of amides is 1. The average molecular weight is 524 g/mol. The van der Waals surface area contributed by atoms with E-state index < -0.39 is 17.7 Å². The molecule has 202 valence electrons. The molecule has 37 heavy (non-hydrogen) atoms. The molecule has 2 aliphatic rings. The number of esters is 1. The summed E-state index contributed by atoms with van der Waals surface area (Å²) in [4.78, 5) is 25.6. The van der Waals surface area contributed by atoms with Gasteiger partial charge in [-0.2, -0.15) is 18.3 Å². The Labute approximate surface area is 213 Å². The summed E-state index contributed by atoms with van der Waals surface area (Å²) in [6, 6.07) is 2.80. The van der Waals surface area contributed by atoms with Gasteiger partial charge in [0.15, 0.2) is 0 Å². The number of aromatic nitrogens is 2. The number of benzene rings is 1. The Morgan fingerprint density at radius 2 is 2.00 bits per heavy atom. The molecule has 0 aliphatic carbocycles. The van der Waals surface area contributed by atoms with Crippen LogP contribution in [0.15, 0.2) is 18.2 Å². The summed E-state index contributed by atoms with van der Waals surface area (Å²) >= 11 is 0. The number of hydrogen-bond donors (Lipinski definition) is 1. The van der Waals surface area contributed by atoms with Crippen LogP contribution in [0, 0.1) is 11.3 Å². The summed E-state index contributed by atoms with van der Waals surface area (Å²) in [5.41, 5.74) is 0.884. The lowest BCUT2D eigenvalue weighted by atomic mass is 9.76. The molecule has 1 spiro atoms. The third kappa shape index (κ3) is 5.92. The van der Waals surface area contributed by atoms with Crippen LogP contribution in [0.4, 0.5) is 13.2 Å². The first-order valence-corrected chi connectivity index (χ1v) is 12.4. The normalized spacial score (nSPS) is 18.1. The Morgan fingerprint density at radius 1 is 1.27 bits per heavy atom. The number of nitrogens with one attached hydrogen (secondary N) is 1. The molecule has 1 fully saturated rings. The van der Waals surface area contributed by atoms with Gasteiger partial charge < -0.3 is 19.5 Å². The van der Waals surface area contributed by atoms with Crippen molar-refractivity contribution >= 4 is 11.9 Å². The van der Waals surface area contributed by atoms with Crippen molar-refractivity contribution in [2.45, 2.75) is 52.3 Å². The minimum Gasteiger partial charge on any atom is -0.497 e. The molecule has 8 nitrogen and oxygen atoms in total. The molecule has 11 heteroatoms. The van der Waals surface area contributed by atoms with Crippen molar-refractivity contribution in [1.29, 1.82) is 0 Å². The van der Waals surface area contributed by atoms with Gasteiger partial charge in [-0.3, -0.25) is 9.48 Å². The number of methoxy groups -OCH3 is 1. The summed E-state index contributed by atoms with van der Waals surface area (Å²) < 4.78 is 57.3. The Morgan fingerprint density at radius 3 is 2.65 bits per heavy atom. The Balaban J connectivity index is 1.49. The van der Waals surface area contributed by atoms with E-state index in [9.17, 15) is 22.8 Å². The van der Waals surface area contributed by atoms with Gasteiger partial charge in [-0.15, -0.1) is 0 Å². The fourth-order valence-electron chi connectivity index (χ4n) is 4.97. The van der Waals surface area contributed by atoms with E-state index in [1.165, 1.54) is 13.2 Å². The maximum atomic E-state index is 13.2. The van der Waals surface area contributed by atoms with Gasteiger partial charge in [0, 0.05) is 32.2 Å². The summed E-state index contributed by atoms with van der Waals surface area (Å²) in [7, 11) is 1.23. The van der Waals surface area contributed by atoms with Crippen LogP contribution < -0.4 is 10.1 Å². The Bertz CT molecular complexity index is 1160. The van der Waals surface area contributed by atoms with Gasteiger partial charge in [0.1, 0.15) is 5.75 Å². The summed E-state index contributed by atoms with van der Waals surface area (Å²) in [5.74, 6) is -1.28. The monoisotopic (exact) mass is 523 g/mol. The summed E-state index contributed by atoms with van der Waals surface area (Å²) in [6.45, 7) is 6.05. The molecule has 0 bridgehead atoms. The maximum Gasteiger partial charge on any atom is 0.416 e. The standard InChI is InChI=1S/C26H32F3N3O5/c1-4-20-22-21(12-25(15-30-23(22)33)5-7-36-8-6-25)32(31-20)13-16(2)14-37-24(34)17-9-18(26(27,28)29)11-19(10-17)35-3/h9-11,16H,4-8,12-15H2,1-3H3,(H,30,33)/t16-/m1/s1. The lowest BCUT2D eigenvalue weighted by Crippen LogP contribution is -2.41. The van der Waals surface area contributed by atoms with Crippen LogP contribution in [0.1, 0.15) is 64.4 Å². The number of ether oxygens (including phenoxy) is 3. The average Bonchev–Trinajstić information content (AvgIpc) is 3.14. The van der Waals surface area contributed by atoms with Gasteiger partial charge in [-0.05, 0) is 49.3 Å². The van der Waals surface area contributed by atoms with E-state index in [1.807, 2.05) is 18.5 Å². The SMILES string of the molecule is CCc1nn(C[C@@H](C)COC(=O)c2cc(OC)cc(C(F)(F)F)c2)c2c1C(=O)NCC1(CCOCC1)C2. The largest absolute Gasteiger partial charge is 0.497 e. The Hall–Kier alpha value is -3.08. The van der Waals surface area contributed by atoms with Crippen LogP contribution in [-0.2, 0) is 35.0 Å². The van der Waals surface area contributed by atoms with Crippen LogP contribution >= 0.6 is 0 Å². The molecule has 0 unspecified atom stereocenters. The third-order valence-electron chi connectivity index (χ3n) is 7.10. The molecule has 4 rings (SSSR count). The first kappa shape index (κ1) is 27.0. The number of fused-ring (bicyclic) bond motifs is 1. The zero-order valence-corrected chi connectivity index (χ0v) is 21.2. The first-order valence-electron chi connectivity index (χ1n) is 12.4. The molecular formula is C26H32F3N3O5. The van der Waals surface area contributed by atoms with Crippen molar-refractivity contribution in [3.8, 4) is 5.75 Å². The van der Waals surface area contributed by atoms with E-state index in [0.29, 0.717) is 44.7 Å². The number of nitrogens with zero attached hydrogens (tertiary/aromatic N) is 2. The predicted molar refractivity (Wildman–Crippen MR) is 128 cm³/mol. The van der Waals surface area contributed by atoms with Crippen molar-refractivity contribution in [3.63, 3.8) is 0 Å². The summed E-state index contributed by atoms with van der Waals surface area (Å²) in [5, 5.41) is 7.79. The predicted octanol–water partition coefficient (Wildman–Crippen LogP) is 4.05. The van der Waals surface area contributed by atoms with E-state index in [1.54, 1.807) is 0 Å². The van der Waals surface area contributed by atoms with Crippen LogP contribution in [0.25, 0.3) is 0 Å². The second kappa shape index (κ2) is 10.7. The molecule has 1 N–H and O–H groups in total. The van der Waals surface area contributed by atoms with E-state index in [4.69, 9.17) is 19.3 Å². The van der Waals surface area contributed by atoms with Crippen molar-refractivity contribution in [2.24, 2.45) is 11.3 Å². The molecule has 1 saturated heterocycles. The van der Waals surface area contributed by atoms with Gasteiger partial charge in [-0.1, -0.05) is 13.8 Å². The number of carbonyl (C=O) groups is 2. The molecule has 1 aromatic carbocycles. The third-order valence-corrected chi connectivity index (χ3v) is 7.10. The van der Waals surface area contributed by atoms with Crippen LogP contribution in [0.2, 0.25) is 0 Å². The Kier molecular flexibility index (Phi) is 7.82. The van der Waals surface area contributed by atoms with Crippen LogP contribution in [-0.4, -0.2) is 55.1 Å². The van der Waals surface area contributed by atoms with Gasteiger partial charge in [0.2, 0.25) is 0 Å². The highest BCUT2D eigenvalue weighted by Gasteiger charge is 2.40. The quantitative estimate of drug-likeness (QED) is 0.551. The fraction of sp³-hybridized carbons (Fsp3) is 0.577. The highest BCUT2D eigenvalue weighted by atomic mass is 19.4. The zero-order chi connectivity index (χ0) is 26.8. The number of carbonyl (C=O) groups excluding carboxylic acids is 2. The molecular weight excluding hydrogens is 491 g/mol. The maximum absolute atomic E-state index is 13.2. The highest BCUT2D eigenvalue weighted by Crippen LogP contribution is 2.37. The molecule has 1 amide bonds. The second-order valence-electron chi connectivity index (χ2n) is 9.93. The van der Waals surface area contributed by atoms with E-state index in [0.717, 1.165) is 36.4 Å². The topological polar surface area (TPSA) is 91.7 Å². The number of rotatable bonds is 7. The van der Waals surface area contributed by atoms with Crippen molar-refractivity contribution < 1.29 is 37.0 Å². The molecule has 2 aliphatic heterocycles. The van der Waals surface area contributed by atoms with Crippen molar-refractivity contribution in [1.82, 2.24) is 15.1 Å². The summed E-state index contributed by atoms with van der Waals surface area (Å²) in [6.07, 6.45) is -1.66. The van der Waals surface area contributed by atoms with Crippen molar-refractivity contribution in [2.75, 3.05) is 33.5 Å². The second-order valence-corrected chi connectivity index (χ2v) is 9.93. The minimum absolute atomic E-state index is 0.0291. The first-order chi connectivity index (χ1) is 17.5. The van der Waals surface area contributed by atoms with E-state index in [-0.39, 0.29) is 35.2 Å². The number of hydrogen-bond acceptors (Lipinski definition) is 6. The fourth-order valence-corrected chi connectivity index (χ4v) is 4.97.